The van der Waals surface area contributed by atoms with Crippen LogP contribution in [0.15, 0.2) is 0 Å². The summed E-state index contributed by atoms with van der Waals surface area (Å²) < 4.78 is 4.88. The van der Waals surface area contributed by atoms with E-state index in [1.165, 1.54) is 11.3 Å². The molecule has 0 bridgehead atoms. The Kier molecular flexibility index (Phi) is 8.08. The highest BCUT2D eigenvalue weighted by Crippen LogP contribution is 2.16. The van der Waals surface area contributed by atoms with Gasteiger partial charge < -0.3 is 15.4 Å². The second kappa shape index (κ2) is 9.62. The van der Waals surface area contributed by atoms with Crippen molar-refractivity contribution in [2.75, 3.05) is 45.7 Å². The minimum atomic E-state index is -0.0154. The Morgan fingerprint density at radius 3 is 2.90 bits per heavy atom. The van der Waals surface area contributed by atoms with Crippen LogP contribution < -0.4 is 10.6 Å². The van der Waals surface area contributed by atoms with E-state index in [0.717, 1.165) is 23.1 Å². The van der Waals surface area contributed by atoms with E-state index in [1.54, 1.807) is 7.11 Å². The average molecular weight is 301 g/mol. The minimum absolute atomic E-state index is 0.0154. The monoisotopic (exact) mass is 301 g/mol. The molecular formula is C12H23N5O2S. The summed E-state index contributed by atoms with van der Waals surface area (Å²) in [7, 11) is 3.49. The lowest BCUT2D eigenvalue weighted by Gasteiger charge is -2.14. The van der Waals surface area contributed by atoms with E-state index in [-0.39, 0.29) is 5.91 Å². The number of likely N-dealkylation sites (N-methyl/N-ethyl adjacent to an activating group) is 1. The average Bonchev–Trinajstić information content (AvgIpc) is 2.84. The Balaban J connectivity index is 2.28. The number of aromatic nitrogens is 2. The lowest BCUT2D eigenvalue weighted by atomic mass is 10.5. The summed E-state index contributed by atoms with van der Waals surface area (Å²) in [6.45, 7) is 5.01. The molecule has 1 heterocycles. The third-order valence-electron chi connectivity index (χ3n) is 2.44. The molecular weight excluding hydrogens is 278 g/mol. The van der Waals surface area contributed by atoms with Gasteiger partial charge in [-0.15, -0.1) is 10.2 Å². The van der Waals surface area contributed by atoms with Gasteiger partial charge in [0.1, 0.15) is 5.01 Å². The van der Waals surface area contributed by atoms with E-state index >= 15 is 0 Å². The van der Waals surface area contributed by atoms with Crippen LogP contribution in [0.25, 0.3) is 0 Å². The summed E-state index contributed by atoms with van der Waals surface area (Å²) >= 11 is 1.52. The molecule has 0 unspecified atom stereocenters. The first-order valence-electron chi connectivity index (χ1n) is 6.66. The Hall–Kier alpha value is -1.25. The Morgan fingerprint density at radius 1 is 1.40 bits per heavy atom. The van der Waals surface area contributed by atoms with Crippen LogP contribution in [0.2, 0.25) is 0 Å². The molecule has 114 valence electrons. The smallest absolute Gasteiger partial charge is 0.234 e. The lowest BCUT2D eigenvalue weighted by Crippen LogP contribution is -2.36. The van der Waals surface area contributed by atoms with Gasteiger partial charge in [0.2, 0.25) is 11.0 Å². The number of amides is 1. The molecule has 8 heteroatoms. The Morgan fingerprint density at radius 2 is 2.20 bits per heavy atom. The third kappa shape index (κ3) is 6.78. The molecule has 20 heavy (non-hydrogen) atoms. The second-order valence-electron chi connectivity index (χ2n) is 4.44. The first-order chi connectivity index (χ1) is 9.65. The standard InChI is InChI=1S/C12H23N5O2S/c1-4-5-14-12-16-15-11(20-12)9-17(2)8-10(18)13-6-7-19-3/h4-9H2,1-3H3,(H,13,18)(H,14,16). The van der Waals surface area contributed by atoms with Crippen LogP contribution >= 0.6 is 11.3 Å². The van der Waals surface area contributed by atoms with E-state index in [0.29, 0.717) is 26.2 Å². The van der Waals surface area contributed by atoms with Crippen molar-refractivity contribution < 1.29 is 9.53 Å². The van der Waals surface area contributed by atoms with Gasteiger partial charge in [0.15, 0.2) is 0 Å². The van der Waals surface area contributed by atoms with E-state index < -0.39 is 0 Å². The number of anilines is 1. The van der Waals surface area contributed by atoms with Crippen LogP contribution in [0.3, 0.4) is 0 Å². The predicted octanol–water partition coefficient (Wildman–Crippen LogP) is 0.554. The summed E-state index contributed by atoms with van der Waals surface area (Å²) in [5.41, 5.74) is 0. The fourth-order valence-electron chi connectivity index (χ4n) is 1.50. The van der Waals surface area contributed by atoms with Gasteiger partial charge in [-0.3, -0.25) is 9.69 Å². The zero-order valence-corrected chi connectivity index (χ0v) is 13.1. The molecule has 0 atom stereocenters. The molecule has 7 nitrogen and oxygen atoms in total. The number of ether oxygens (including phenoxy) is 1. The first-order valence-corrected chi connectivity index (χ1v) is 7.47. The number of hydrogen-bond acceptors (Lipinski definition) is 7. The fraction of sp³-hybridized carbons (Fsp3) is 0.750. The van der Waals surface area contributed by atoms with Crippen molar-refractivity contribution in [1.82, 2.24) is 20.4 Å². The van der Waals surface area contributed by atoms with Crippen LogP contribution in [-0.2, 0) is 16.1 Å². The Bertz CT molecular complexity index is 399. The maximum Gasteiger partial charge on any atom is 0.234 e. The van der Waals surface area contributed by atoms with E-state index in [1.807, 2.05) is 11.9 Å². The molecule has 0 saturated carbocycles. The van der Waals surface area contributed by atoms with Crippen molar-refractivity contribution in [3.8, 4) is 0 Å². The van der Waals surface area contributed by atoms with Crippen molar-refractivity contribution in [3.05, 3.63) is 5.01 Å². The van der Waals surface area contributed by atoms with Crippen LogP contribution in [0.1, 0.15) is 18.4 Å². The zero-order chi connectivity index (χ0) is 14.8. The number of hydrogen-bond donors (Lipinski definition) is 2. The van der Waals surface area contributed by atoms with Crippen molar-refractivity contribution in [3.63, 3.8) is 0 Å². The van der Waals surface area contributed by atoms with Crippen LogP contribution in [-0.4, -0.2) is 61.4 Å². The molecule has 1 rings (SSSR count). The SMILES string of the molecule is CCCNc1nnc(CN(C)CC(=O)NCCOC)s1. The zero-order valence-electron chi connectivity index (χ0n) is 12.3. The summed E-state index contributed by atoms with van der Waals surface area (Å²) in [4.78, 5) is 13.5. The summed E-state index contributed by atoms with van der Waals surface area (Å²) in [6, 6.07) is 0. The number of nitrogens with one attached hydrogen (secondary N) is 2. The van der Waals surface area contributed by atoms with Crippen LogP contribution in [0, 0.1) is 0 Å². The van der Waals surface area contributed by atoms with E-state index in [9.17, 15) is 4.79 Å². The van der Waals surface area contributed by atoms with Gasteiger partial charge >= 0.3 is 0 Å². The predicted molar refractivity (Wildman–Crippen MR) is 79.9 cm³/mol. The van der Waals surface area contributed by atoms with Crippen molar-refractivity contribution in [1.29, 1.82) is 0 Å². The molecule has 0 aliphatic heterocycles. The number of methoxy groups -OCH3 is 1. The van der Waals surface area contributed by atoms with Crippen molar-refractivity contribution in [2.45, 2.75) is 19.9 Å². The highest BCUT2D eigenvalue weighted by Gasteiger charge is 2.10. The molecule has 0 fully saturated rings. The van der Waals surface area contributed by atoms with Crippen molar-refractivity contribution >= 4 is 22.4 Å². The molecule has 1 aromatic rings. The third-order valence-corrected chi connectivity index (χ3v) is 3.31. The van der Waals surface area contributed by atoms with Gasteiger partial charge in [-0.25, -0.2) is 0 Å². The van der Waals surface area contributed by atoms with Gasteiger partial charge in [-0.2, -0.15) is 0 Å². The molecule has 1 amide bonds. The molecule has 0 saturated heterocycles. The fourth-order valence-corrected chi connectivity index (χ4v) is 2.35. The van der Waals surface area contributed by atoms with Gasteiger partial charge in [-0.1, -0.05) is 18.3 Å². The molecule has 1 aromatic heterocycles. The van der Waals surface area contributed by atoms with Crippen LogP contribution in [0.4, 0.5) is 5.13 Å². The number of carbonyl (C=O) groups is 1. The van der Waals surface area contributed by atoms with E-state index in [2.05, 4.69) is 27.8 Å². The van der Waals surface area contributed by atoms with Gasteiger partial charge in [0.25, 0.3) is 0 Å². The molecule has 2 N–H and O–H groups in total. The van der Waals surface area contributed by atoms with Gasteiger partial charge in [-0.05, 0) is 13.5 Å². The molecule has 0 spiro atoms. The number of nitrogens with zero attached hydrogens (tertiary/aromatic N) is 3. The van der Waals surface area contributed by atoms with Crippen LogP contribution in [0.5, 0.6) is 0 Å². The molecule has 0 radical (unpaired) electrons. The highest BCUT2D eigenvalue weighted by atomic mass is 32.1. The normalized spacial score (nSPS) is 10.8. The quantitative estimate of drug-likeness (QED) is 0.615. The lowest BCUT2D eigenvalue weighted by molar-refractivity contribution is -0.122. The first kappa shape index (κ1) is 16.8. The topological polar surface area (TPSA) is 79.4 Å². The largest absolute Gasteiger partial charge is 0.383 e. The van der Waals surface area contributed by atoms with Crippen molar-refractivity contribution in [2.24, 2.45) is 0 Å². The minimum Gasteiger partial charge on any atom is -0.383 e. The molecule has 0 aliphatic carbocycles. The maximum absolute atomic E-state index is 11.6. The molecule has 0 aromatic carbocycles. The number of carbonyl (C=O) groups excluding carboxylic acids is 1. The second-order valence-corrected chi connectivity index (χ2v) is 5.50. The van der Waals surface area contributed by atoms with Gasteiger partial charge in [0, 0.05) is 20.2 Å². The molecule has 0 aliphatic rings. The maximum atomic E-state index is 11.6. The summed E-state index contributed by atoms with van der Waals surface area (Å²) in [5.74, 6) is -0.0154. The highest BCUT2D eigenvalue weighted by molar-refractivity contribution is 7.15. The summed E-state index contributed by atoms with van der Waals surface area (Å²) in [5, 5.41) is 15.9. The van der Waals surface area contributed by atoms with Gasteiger partial charge in [0.05, 0.1) is 19.7 Å². The summed E-state index contributed by atoms with van der Waals surface area (Å²) in [6.07, 6.45) is 1.05. The number of rotatable bonds is 10. The van der Waals surface area contributed by atoms with E-state index in [4.69, 9.17) is 4.74 Å². The Labute approximate surface area is 123 Å².